The highest BCUT2D eigenvalue weighted by Crippen LogP contribution is 2.22. The van der Waals surface area contributed by atoms with Crippen molar-refractivity contribution in [3.63, 3.8) is 0 Å². The third-order valence-electron chi connectivity index (χ3n) is 3.55. The second kappa shape index (κ2) is 6.38. The summed E-state index contributed by atoms with van der Waals surface area (Å²) in [7, 11) is 0. The molecular weight excluding hydrogens is 312 g/mol. The minimum absolute atomic E-state index is 0.140. The summed E-state index contributed by atoms with van der Waals surface area (Å²) in [5, 5.41) is 8.39. The zero-order valence-electron chi connectivity index (χ0n) is 13.0. The van der Waals surface area contributed by atoms with E-state index in [1.54, 1.807) is 4.68 Å². The van der Waals surface area contributed by atoms with Crippen LogP contribution in [0.3, 0.4) is 0 Å². The fraction of sp³-hybridized carbons (Fsp3) is 0.235. The molecule has 3 rings (SSSR count). The first-order valence-electron chi connectivity index (χ1n) is 7.38. The molecule has 0 spiro atoms. The van der Waals surface area contributed by atoms with Gasteiger partial charge in [0.05, 0.1) is 11.2 Å². The number of carbonyl (C=O) groups is 1. The molecular formula is C17H17ClN4O. The topological polar surface area (TPSA) is 59.8 Å². The Bertz CT molecular complexity index is 872. The molecule has 6 heteroatoms. The van der Waals surface area contributed by atoms with Crippen molar-refractivity contribution >= 4 is 34.2 Å². The van der Waals surface area contributed by atoms with Gasteiger partial charge in [-0.3, -0.25) is 4.79 Å². The van der Waals surface area contributed by atoms with E-state index in [1.807, 2.05) is 50.2 Å². The molecule has 1 N–H and O–H groups in total. The van der Waals surface area contributed by atoms with Gasteiger partial charge in [0.2, 0.25) is 5.91 Å². The molecule has 1 amide bonds. The summed E-state index contributed by atoms with van der Waals surface area (Å²) in [6, 6.07) is 11.7. The molecule has 118 valence electrons. The Labute approximate surface area is 139 Å². The highest BCUT2D eigenvalue weighted by Gasteiger charge is 2.13. The molecule has 0 fully saturated rings. The Morgan fingerprint density at radius 2 is 2.04 bits per heavy atom. The van der Waals surface area contributed by atoms with E-state index in [2.05, 4.69) is 15.4 Å². The highest BCUT2D eigenvalue weighted by molar-refractivity contribution is 6.19. The molecule has 0 radical (unpaired) electrons. The van der Waals surface area contributed by atoms with Crippen LogP contribution in [0.25, 0.3) is 16.7 Å². The molecule has 23 heavy (non-hydrogen) atoms. The normalized spacial score (nSPS) is 10.9. The first-order chi connectivity index (χ1) is 11.1. The second-order valence-corrected chi connectivity index (χ2v) is 5.76. The molecule has 0 aliphatic carbocycles. The van der Waals surface area contributed by atoms with E-state index in [-0.39, 0.29) is 18.2 Å². The molecule has 0 aliphatic rings. The van der Waals surface area contributed by atoms with Crippen molar-refractivity contribution in [2.75, 3.05) is 11.2 Å². The predicted octanol–water partition coefficient (Wildman–Crippen LogP) is 3.60. The minimum atomic E-state index is -0.140. The Morgan fingerprint density at radius 3 is 2.83 bits per heavy atom. The Hall–Kier alpha value is -2.40. The smallest absolute Gasteiger partial charge is 0.226 e. The number of para-hydroxylation sites is 1. The number of carbonyl (C=O) groups excluding carboxylic acids is 1. The number of fused-ring (bicyclic) bond motifs is 1. The molecule has 2 heterocycles. The van der Waals surface area contributed by atoms with E-state index in [4.69, 9.17) is 11.6 Å². The van der Waals surface area contributed by atoms with Gasteiger partial charge in [-0.1, -0.05) is 18.2 Å². The molecule has 0 saturated carbocycles. The van der Waals surface area contributed by atoms with Crippen LogP contribution < -0.4 is 5.32 Å². The van der Waals surface area contributed by atoms with Gasteiger partial charge in [0.25, 0.3) is 0 Å². The number of amides is 1. The SMILES string of the molecule is Cc1cc(NC(=O)CCCl)n(-c2cc(C)c3ccccc3n2)n1. The molecule has 2 aromatic heterocycles. The standard InChI is InChI=1S/C17H17ClN4O/c1-11-9-15(19-14-6-4-3-5-13(11)14)22-16(10-12(2)21-22)20-17(23)7-8-18/h3-6,9-10H,7-8H2,1-2H3,(H,20,23). The number of halogens is 1. The number of anilines is 1. The maximum atomic E-state index is 11.8. The number of alkyl halides is 1. The molecule has 5 nitrogen and oxygen atoms in total. The molecule has 0 aliphatic heterocycles. The number of pyridine rings is 1. The summed E-state index contributed by atoms with van der Waals surface area (Å²) >= 11 is 5.62. The predicted molar refractivity (Wildman–Crippen MR) is 92.3 cm³/mol. The van der Waals surface area contributed by atoms with Crippen LogP contribution >= 0.6 is 11.6 Å². The lowest BCUT2D eigenvalue weighted by Crippen LogP contribution is -2.15. The molecule has 0 bridgehead atoms. The van der Waals surface area contributed by atoms with E-state index in [9.17, 15) is 4.79 Å². The number of hydrogen-bond acceptors (Lipinski definition) is 3. The zero-order valence-corrected chi connectivity index (χ0v) is 13.8. The Kier molecular flexibility index (Phi) is 4.30. The number of benzene rings is 1. The minimum Gasteiger partial charge on any atom is -0.310 e. The van der Waals surface area contributed by atoms with Crippen LogP contribution in [-0.2, 0) is 4.79 Å². The largest absolute Gasteiger partial charge is 0.310 e. The quantitative estimate of drug-likeness (QED) is 0.744. The summed E-state index contributed by atoms with van der Waals surface area (Å²) in [5.41, 5.74) is 2.81. The van der Waals surface area contributed by atoms with Crippen molar-refractivity contribution in [2.45, 2.75) is 20.3 Å². The average Bonchev–Trinajstić information content (AvgIpc) is 2.88. The van der Waals surface area contributed by atoms with E-state index in [0.29, 0.717) is 11.6 Å². The van der Waals surface area contributed by atoms with E-state index >= 15 is 0 Å². The maximum Gasteiger partial charge on any atom is 0.226 e. The van der Waals surface area contributed by atoms with E-state index < -0.39 is 0 Å². The maximum absolute atomic E-state index is 11.8. The summed E-state index contributed by atoms with van der Waals surface area (Å²) in [6.45, 7) is 3.91. The monoisotopic (exact) mass is 328 g/mol. The van der Waals surface area contributed by atoms with Crippen LogP contribution in [0.2, 0.25) is 0 Å². The van der Waals surface area contributed by atoms with Gasteiger partial charge in [-0.05, 0) is 31.5 Å². The number of aryl methyl sites for hydroxylation is 2. The van der Waals surface area contributed by atoms with Gasteiger partial charge in [-0.15, -0.1) is 11.6 Å². The van der Waals surface area contributed by atoms with Gasteiger partial charge < -0.3 is 5.32 Å². The summed E-state index contributed by atoms with van der Waals surface area (Å²) in [4.78, 5) is 16.5. The van der Waals surface area contributed by atoms with Crippen molar-refractivity contribution in [2.24, 2.45) is 0 Å². The fourth-order valence-electron chi connectivity index (χ4n) is 2.49. The van der Waals surface area contributed by atoms with Crippen LogP contribution in [0.1, 0.15) is 17.7 Å². The number of nitrogens with one attached hydrogen (secondary N) is 1. The number of rotatable bonds is 4. The summed E-state index contributed by atoms with van der Waals surface area (Å²) < 4.78 is 1.65. The van der Waals surface area contributed by atoms with Crippen molar-refractivity contribution in [3.05, 3.63) is 47.7 Å². The van der Waals surface area contributed by atoms with Gasteiger partial charge in [0.1, 0.15) is 5.82 Å². The fourth-order valence-corrected chi connectivity index (χ4v) is 2.67. The molecule has 0 unspecified atom stereocenters. The Morgan fingerprint density at radius 1 is 1.26 bits per heavy atom. The lowest BCUT2D eigenvalue weighted by atomic mass is 10.1. The van der Waals surface area contributed by atoms with Crippen molar-refractivity contribution < 1.29 is 4.79 Å². The van der Waals surface area contributed by atoms with Gasteiger partial charge in [0, 0.05) is 23.8 Å². The molecule has 3 aromatic rings. The lowest BCUT2D eigenvalue weighted by molar-refractivity contribution is -0.115. The lowest BCUT2D eigenvalue weighted by Gasteiger charge is -2.10. The van der Waals surface area contributed by atoms with Crippen molar-refractivity contribution in [1.82, 2.24) is 14.8 Å². The summed E-state index contributed by atoms with van der Waals surface area (Å²) in [5.74, 6) is 1.42. The third-order valence-corrected chi connectivity index (χ3v) is 3.74. The van der Waals surface area contributed by atoms with E-state index in [0.717, 1.165) is 22.2 Å². The first kappa shape index (κ1) is 15.5. The van der Waals surface area contributed by atoms with Gasteiger partial charge >= 0.3 is 0 Å². The summed E-state index contributed by atoms with van der Waals surface area (Å²) in [6.07, 6.45) is 0.260. The zero-order chi connectivity index (χ0) is 16.4. The number of hydrogen-bond donors (Lipinski definition) is 1. The van der Waals surface area contributed by atoms with Crippen molar-refractivity contribution in [3.8, 4) is 5.82 Å². The van der Waals surface area contributed by atoms with Crippen LogP contribution in [0, 0.1) is 13.8 Å². The highest BCUT2D eigenvalue weighted by atomic mass is 35.5. The van der Waals surface area contributed by atoms with Gasteiger partial charge in [-0.25, -0.2) is 4.98 Å². The number of aromatic nitrogens is 3. The molecule has 0 saturated heterocycles. The van der Waals surface area contributed by atoms with Crippen LogP contribution in [0.4, 0.5) is 5.82 Å². The van der Waals surface area contributed by atoms with Crippen LogP contribution in [0.15, 0.2) is 36.4 Å². The van der Waals surface area contributed by atoms with Crippen molar-refractivity contribution in [1.29, 1.82) is 0 Å². The second-order valence-electron chi connectivity index (χ2n) is 5.38. The first-order valence-corrected chi connectivity index (χ1v) is 7.91. The average molecular weight is 329 g/mol. The van der Waals surface area contributed by atoms with Gasteiger partial charge in [-0.2, -0.15) is 9.78 Å². The van der Waals surface area contributed by atoms with Crippen LogP contribution in [0.5, 0.6) is 0 Å². The Balaban J connectivity index is 2.06. The molecule has 0 atom stereocenters. The van der Waals surface area contributed by atoms with Gasteiger partial charge in [0.15, 0.2) is 5.82 Å². The third kappa shape index (κ3) is 3.19. The van der Waals surface area contributed by atoms with E-state index in [1.165, 1.54) is 0 Å². The molecule has 1 aromatic carbocycles. The van der Waals surface area contributed by atoms with Crippen LogP contribution in [-0.4, -0.2) is 26.6 Å². The number of nitrogens with zero attached hydrogens (tertiary/aromatic N) is 3.